The smallest absolute Gasteiger partial charge is 0.475 e. The summed E-state index contributed by atoms with van der Waals surface area (Å²) in [5.74, 6) is -2.54. The number of rotatable bonds is 2. The van der Waals surface area contributed by atoms with E-state index in [0.717, 1.165) is 13.1 Å². The maximum absolute atomic E-state index is 11.3. The van der Waals surface area contributed by atoms with Crippen LogP contribution in [0.1, 0.15) is 6.92 Å². The number of alkyl halides is 3. The third-order valence-corrected chi connectivity index (χ3v) is 3.96. The topological polar surface area (TPSA) is 86.7 Å². The van der Waals surface area contributed by atoms with Crippen molar-refractivity contribution in [3.8, 4) is 0 Å². The van der Waals surface area contributed by atoms with Gasteiger partial charge in [0, 0.05) is 26.2 Å². The zero-order valence-corrected chi connectivity index (χ0v) is 10.5. The highest BCUT2D eigenvalue weighted by atomic mass is 32.2. The standard InChI is InChI=1S/C6H14N2O2S.C2HF3O2/c1-2-11(9,10)8-5-3-7-4-6-8;3-2(4,5)1(6)7/h7H,2-6H2,1H3;(H,6,7). The minimum atomic E-state index is -5.08. The molecule has 0 aromatic carbocycles. The molecule has 0 unspecified atom stereocenters. The fourth-order valence-electron chi connectivity index (χ4n) is 1.11. The minimum absolute atomic E-state index is 0.215. The summed E-state index contributed by atoms with van der Waals surface area (Å²) < 4.78 is 55.8. The van der Waals surface area contributed by atoms with E-state index in [4.69, 9.17) is 9.90 Å². The molecule has 1 rings (SSSR count). The maximum atomic E-state index is 11.3. The average Bonchev–Trinajstić information content (AvgIpc) is 2.30. The number of carboxylic acids is 1. The number of carboxylic acid groups (broad SMARTS) is 1. The third kappa shape index (κ3) is 6.17. The predicted octanol–water partition coefficient (Wildman–Crippen LogP) is -0.125. The van der Waals surface area contributed by atoms with Crippen LogP contribution in [0.2, 0.25) is 0 Å². The van der Waals surface area contributed by atoms with E-state index in [-0.39, 0.29) is 5.75 Å². The number of piperazine rings is 1. The van der Waals surface area contributed by atoms with Crippen molar-refractivity contribution in [2.75, 3.05) is 31.9 Å². The summed E-state index contributed by atoms with van der Waals surface area (Å²) in [5, 5.41) is 10.2. The Balaban J connectivity index is 0.000000360. The molecule has 0 atom stereocenters. The van der Waals surface area contributed by atoms with Crippen molar-refractivity contribution in [2.45, 2.75) is 13.1 Å². The summed E-state index contributed by atoms with van der Waals surface area (Å²) in [6.45, 7) is 4.47. The fourth-order valence-corrected chi connectivity index (χ4v) is 2.21. The van der Waals surface area contributed by atoms with Crippen LogP contribution in [0.5, 0.6) is 0 Å². The van der Waals surface area contributed by atoms with E-state index in [9.17, 15) is 21.6 Å². The van der Waals surface area contributed by atoms with Crippen LogP contribution >= 0.6 is 0 Å². The summed E-state index contributed by atoms with van der Waals surface area (Å²) in [6, 6.07) is 0. The van der Waals surface area contributed by atoms with Crippen LogP contribution in [-0.4, -0.2) is 61.9 Å². The second kappa shape index (κ2) is 6.90. The average molecular weight is 292 g/mol. The Morgan fingerprint density at radius 1 is 1.33 bits per heavy atom. The van der Waals surface area contributed by atoms with Gasteiger partial charge in [-0.15, -0.1) is 0 Å². The Kier molecular flexibility index (Phi) is 6.57. The van der Waals surface area contributed by atoms with Crippen molar-refractivity contribution < 1.29 is 31.5 Å². The molecular formula is C8H15F3N2O4S. The molecule has 0 aromatic heterocycles. The molecule has 0 radical (unpaired) electrons. The van der Waals surface area contributed by atoms with Gasteiger partial charge in [-0.3, -0.25) is 0 Å². The van der Waals surface area contributed by atoms with E-state index in [0.29, 0.717) is 13.1 Å². The van der Waals surface area contributed by atoms with E-state index in [1.807, 2.05) is 0 Å². The number of sulfonamides is 1. The van der Waals surface area contributed by atoms with Gasteiger partial charge >= 0.3 is 12.1 Å². The molecule has 0 aromatic rings. The largest absolute Gasteiger partial charge is 0.490 e. The number of nitrogens with one attached hydrogen (secondary N) is 1. The molecule has 6 nitrogen and oxygen atoms in total. The lowest BCUT2D eigenvalue weighted by Gasteiger charge is -2.25. The van der Waals surface area contributed by atoms with E-state index in [1.54, 1.807) is 11.2 Å². The van der Waals surface area contributed by atoms with Crippen LogP contribution in [-0.2, 0) is 14.8 Å². The molecule has 0 bridgehead atoms. The molecule has 1 saturated heterocycles. The first-order valence-electron chi connectivity index (χ1n) is 5.10. The lowest BCUT2D eigenvalue weighted by Crippen LogP contribution is -2.46. The molecule has 1 fully saturated rings. The van der Waals surface area contributed by atoms with Crippen molar-refractivity contribution in [1.82, 2.24) is 9.62 Å². The Morgan fingerprint density at radius 3 is 2.00 bits per heavy atom. The Bertz CT molecular complexity index is 363. The van der Waals surface area contributed by atoms with Crippen molar-refractivity contribution in [1.29, 1.82) is 0 Å². The Morgan fingerprint density at radius 2 is 1.72 bits per heavy atom. The maximum Gasteiger partial charge on any atom is 0.490 e. The summed E-state index contributed by atoms with van der Waals surface area (Å²) in [4.78, 5) is 8.90. The number of aliphatic carboxylic acids is 1. The van der Waals surface area contributed by atoms with Crippen molar-refractivity contribution in [3.05, 3.63) is 0 Å². The molecule has 1 aliphatic rings. The number of hydrogen-bond donors (Lipinski definition) is 2. The van der Waals surface area contributed by atoms with E-state index < -0.39 is 22.2 Å². The monoisotopic (exact) mass is 292 g/mol. The van der Waals surface area contributed by atoms with E-state index in [1.165, 1.54) is 0 Å². The van der Waals surface area contributed by atoms with Gasteiger partial charge in [0.2, 0.25) is 10.0 Å². The SMILES string of the molecule is CCS(=O)(=O)N1CCNCC1.O=C(O)C(F)(F)F. The number of hydrogen-bond acceptors (Lipinski definition) is 4. The van der Waals surface area contributed by atoms with Gasteiger partial charge in [-0.05, 0) is 6.92 Å². The third-order valence-electron chi connectivity index (χ3n) is 2.08. The zero-order valence-electron chi connectivity index (χ0n) is 9.70. The Labute approximate surface area is 103 Å². The Hall–Kier alpha value is -0.870. The molecule has 0 spiro atoms. The quantitative estimate of drug-likeness (QED) is 0.740. The van der Waals surface area contributed by atoms with Gasteiger partial charge in [0.15, 0.2) is 0 Å². The van der Waals surface area contributed by atoms with Gasteiger partial charge < -0.3 is 10.4 Å². The van der Waals surface area contributed by atoms with Crippen LogP contribution < -0.4 is 5.32 Å². The van der Waals surface area contributed by atoms with Crippen LogP contribution in [0.25, 0.3) is 0 Å². The lowest BCUT2D eigenvalue weighted by molar-refractivity contribution is -0.192. The normalized spacial score (nSPS) is 17.8. The van der Waals surface area contributed by atoms with Gasteiger partial charge in [0.1, 0.15) is 0 Å². The van der Waals surface area contributed by atoms with Gasteiger partial charge in [-0.1, -0.05) is 0 Å². The van der Waals surface area contributed by atoms with Gasteiger partial charge in [0.25, 0.3) is 0 Å². The first-order valence-corrected chi connectivity index (χ1v) is 6.71. The molecule has 0 amide bonds. The molecular weight excluding hydrogens is 277 g/mol. The zero-order chi connectivity index (χ0) is 14.4. The fraction of sp³-hybridized carbons (Fsp3) is 0.875. The van der Waals surface area contributed by atoms with Crippen molar-refractivity contribution in [2.24, 2.45) is 0 Å². The molecule has 10 heteroatoms. The second-order valence-corrected chi connectivity index (χ2v) is 5.61. The van der Waals surface area contributed by atoms with Gasteiger partial charge in [-0.2, -0.15) is 17.5 Å². The molecule has 1 aliphatic heterocycles. The molecule has 2 N–H and O–H groups in total. The van der Waals surface area contributed by atoms with E-state index in [2.05, 4.69) is 5.32 Å². The summed E-state index contributed by atoms with van der Waals surface area (Å²) >= 11 is 0. The first-order chi connectivity index (χ1) is 8.11. The highest BCUT2D eigenvalue weighted by molar-refractivity contribution is 7.89. The molecule has 18 heavy (non-hydrogen) atoms. The lowest BCUT2D eigenvalue weighted by atomic mass is 10.4. The van der Waals surface area contributed by atoms with Gasteiger partial charge in [-0.25, -0.2) is 13.2 Å². The van der Waals surface area contributed by atoms with Crippen molar-refractivity contribution >= 4 is 16.0 Å². The summed E-state index contributed by atoms with van der Waals surface area (Å²) in [6.07, 6.45) is -5.08. The molecule has 1 heterocycles. The van der Waals surface area contributed by atoms with Gasteiger partial charge in [0.05, 0.1) is 5.75 Å². The van der Waals surface area contributed by atoms with Crippen molar-refractivity contribution in [3.63, 3.8) is 0 Å². The molecule has 0 saturated carbocycles. The summed E-state index contributed by atoms with van der Waals surface area (Å²) in [7, 11) is -2.93. The minimum Gasteiger partial charge on any atom is -0.475 e. The van der Waals surface area contributed by atoms with Crippen LogP contribution in [0, 0.1) is 0 Å². The van der Waals surface area contributed by atoms with Crippen LogP contribution in [0.4, 0.5) is 13.2 Å². The highest BCUT2D eigenvalue weighted by Crippen LogP contribution is 2.13. The molecule has 108 valence electrons. The highest BCUT2D eigenvalue weighted by Gasteiger charge is 2.38. The van der Waals surface area contributed by atoms with Crippen LogP contribution in [0.3, 0.4) is 0 Å². The second-order valence-electron chi connectivity index (χ2n) is 3.35. The number of carbonyl (C=O) groups is 1. The number of nitrogens with zero attached hydrogens (tertiary/aromatic N) is 1. The predicted molar refractivity (Wildman–Crippen MR) is 57.6 cm³/mol. The number of halogens is 3. The summed E-state index contributed by atoms with van der Waals surface area (Å²) in [5.41, 5.74) is 0. The van der Waals surface area contributed by atoms with E-state index >= 15 is 0 Å². The van der Waals surface area contributed by atoms with Crippen LogP contribution in [0.15, 0.2) is 0 Å². The molecule has 0 aliphatic carbocycles. The first kappa shape index (κ1) is 17.1.